The minimum absolute atomic E-state index is 0.0227. The molecular formula is C28H34N4O3. The van der Waals surface area contributed by atoms with Crippen LogP contribution in [0.1, 0.15) is 61.7 Å². The van der Waals surface area contributed by atoms with Crippen LogP contribution in [0.5, 0.6) is 5.75 Å². The van der Waals surface area contributed by atoms with Crippen molar-refractivity contribution in [2.45, 2.75) is 63.1 Å². The van der Waals surface area contributed by atoms with Crippen molar-refractivity contribution < 1.29 is 14.3 Å². The van der Waals surface area contributed by atoms with Crippen molar-refractivity contribution in [3.05, 3.63) is 78.1 Å². The average Bonchev–Trinajstić information content (AvgIpc) is 3.37. The fourth-order valence-electron chi connectivity index (χ4n) is 5.31. The Morgan fingerprint density at radius 1 is 0.914 bits per heavy atom. The van der Waals surface area contributed by atoms with Crippen LogP contribution in [0.3, 0.4) is 0 Å². The maximum absolute atomic E-state index is 12.5. The highest BCUT2D eigenvalue weighted by Gasteiger charge is 2.31. The summed E-state index contributed by atoms with van der Waals surface area (Å²) < 4.78 is 13.3. The van der Waals surface area contributed by atoms with Gasteiger partial charge in [-0.2, -0.15) is 0 Å². The number of aromatic nitrogens is 3. The van der Waals surface area contributed by atoms with E-state index >= 15 is 0 Å². The van der Waals surface area contributed by atoms with Gasteiger partial charge in [-0.3, -0.25) is 4.90 Å². The summed E-state index contributed by atoms with van der Waals surface area (Å²) in [6.07, 6.45) is 8.10. The van der Waals surface area contributed by atoms with Crippen molar-refractivity contribution in [2.24, 2.45) is 0 Å². The monoisotopic (exact) mass is 474 g/mol. The second-order valence-corrected chi connectivity index (χ2v) is 9.63. The molecule has 7 heteroatoms. The third kappa shape index (κ3) is 6.28. The van der Waals surface area contributed by atoms with Gasteiger partial charge < -0.3 is 9.47 Å². The molecule has 35 heavy (non-hydrogen) atoms. The lowest BCUT2D eigenvalue weighted by atomic mass is 9.89. The molecule has 0 N–H and O–H groups in total. The summed E-state index contributed by atoms with van der Waals surface area (Å²) in [5.74, 6) is 0.970. The van der Waals surface area contributed by atoms with Crippen molar-refractivity contribution in [1.29, 1.82) is 0 Å². The molecule has 3 aromatic rings. The Bertz CT molecular complexity index is 1060. The molecule has 0 spiro atoms. The zero-order chi connectivity index (χ0) is 23.9. The smallest absolute Gasteiger partial charge is 0.344 e. The summed E-state index contributed by atoms with van der Waals surface area (Å²) in [4.78, 5) is 14.9. The van der Waals surface area contributed by atoms with E-state index in [0.717, 1.165) is 51.0 Å². The van der Waals surface area contributed by atoms with E-state index in [-0.39, 0.29) is 24.7 Å². The first-order chi connectivity index (χ1) is 17.2. The van der Waals surface area contributed by atoms with Crippen molar-refractivity contribution in [3.8, 4) is 5.75 Å². The highest BCUT2D eigenvalue weighted by molar-refractivity contribution is 5.71. The molecule has 0 radical (unpaired) electrons. The van der Waals surface area contributed by atoms with Crippen LogP contribution in [-0.2, 0) is 16.1 Å². The fourth-order valence-corrected chi connectivity index (χ4v) is 5.31. The molecule has 7 nitrogen and oxygen atoms in total. The molecular weight excluding hydrogens is 440 g/mol. The Labute approximate surface area is 207 Å². The number of carbonyl (C=O) groups excluding carboxylic acids is 1. The Hall–Kier alpha value is -3.19. The van der Waals surface area contributed by atoms with Crippen LogP contribution in [0.4, 0.5) is 0 Å². The van der Waals surface area contributed by atoms with Gasteiger partial charge in [-0.25, -0.2) is 9.48 Å². The molecule has 1 aliphatic carbocycles. The topological polar surface area (TPSA) is 69.5 Å². The molecule has 2 atom stereocenters. The number of para-hydroxylation sites is 1. The number of likely N-dealkylation sites (tertiary alicyclic amines) is 1. The Kier molecular flexibility index (Phi) is 7.73. The van der Waals surface area contributed by atoms with Crippen LogP contribution in [-0.4, -0.2) is 51.7 Å². The largest absolute Gasteiger partial charge is 0.482 e. The molecule has 2 unspecified atom stereocenters. The lowest BCUT2D eigenvalue weighted by Gasteiger charge is -2.32. The fraction of sp³-hybridized carbons (Fsp3) is 0.464. The molecule has 0 amide bonds. The molecule has 1 saturated carbocycles. The number of rotatable bonds is 8. The second-order valence-electron chi connectivity index (χ2n) is 9.63. The molecule has 0 bridgehead atoms. The Morgan fingerprint density at radius 2 is 1.63 bits per heavy atom. The van der Waals surface area contributed by atoms with Gasteiger partial charge in [0.05, 0.1) is 17.9 Å². The molecule has 184 valence electrons. The van der Waals surface area contributed by atoms with Gasteiger partial charge >= 0.3 is 5.97 Å². The lowest BCUT2D eigenvalue weighted by molar-refractivity contribution is -0.155. The first-order valence-corrected chi connectivity index (χ1v) is 12.8. The number of ether oxygens (including phenoxy) is 2. The minimum Gasteiger partial charge on any atom is -0.482 e. The van der Waals surface area contributed by atoms with E-state index in [4.69, 9.17) is 9.47 Å². The third-order valence-corrected chi connectivity index (χ3v) is 7.19. The summed E-state index contributed by atoms with van der Waals surface area (Å²) in [6, 6.07) is 20.2. The molecule has 1 aliphatic heterocycles. The quantitative estimate of drug-likeness (QED) is 0.438. The summed E-state index contributed by atoms with van der Waals surface area (Å²) in [5, 5.41) is 8.89. The number of hydrogen-bond donors (Lipinski definition) is 0. The van der Waals surface area contributed by atoms with E-state index < -0.39 is 0 Å². The number of hydrogen-bond acceptors (Lipinski definition) is 6. The van der Waals surface area contributed by atoms with Gasteiger partial charge in [0, 0.05) is 6.54 Å². The van der Waals surface area contributed by atoms with Crippen LogP contribution in [0, 0.1) is 0 Å². The van der Waals surface area contributed by atoms with E-state index in [2.05, 4.69) is 45.5 Å². The average molecular weight is 475 g/mol. The van der Waals surface area contributed by atoms with E-state index in [1.807, 2.05) is 41.2 Å². The standard InChI is InChI=1S/C28H34N4O3/c33-28(21-34-25-11-5-2-6-12-25)35-27-14-8-7-13-26(27)32-20-24(29-30-32)19-31-17-15-23(16-18-31)22-9-3-1-4-10-22/h1-6,9-12,20,23,26-27H,7-8,13-19,21H2. The van der Waals surface area contributed by atoms with E-state index in [9.17, 15) is 4.79 Å². The molecule has 5 rings (SSSR count). The number of esters is 1. The summed E-state index contributed by atoms with van der Waals surface area (Å²) >= 11 is 0. The molecule has 2 aromatic carbocycles. The predicted octanol–water partition coefficient (Wildman–Crippen LogP) is 4.76. The molecule has 1 saturated heterocycles. The summed E-state index contributed by atoms with van der Waals surface area (Å²) in [7, 11) is 0. The van der Waals surface area contributed by atoms with Crippen LogP contribution >= 0.6 is 0 Å². The van der Waals surface area contributed by atoms with Gasteiger partial charge in [0.1, 0.15) is 11.9 Å². The predicted molar refractivity (Wildman–Crippen MR) is 133 cm³/mol. The zero-order valence-corrected chi connectivity index (χ0v) is 20.2. The SMILES string of the molecule is O=C(COc1ccccc1)OC1CCCCC1n1cc(CN2CCC(c3ccccc3)CC2)nn1. The van der Waals surface area contributed by atoms with Gasteiger partial charge in [0.25, 0.3) is 0 Å². The van der Waals surface area contributed by atoms with E-state index in [1.165, 1.54) is 18.4 Å². The van der Waals surface area contributed by atoms with Gasteiger partial charge in [-0.15, -0.1) is 5.10 Å². The van der Waals surface area contributed by atoms with Crippen molar-refractivity contribution in [1.82, 2.24) is 19.9 Å². The van der Waals surface area contributed by atoms with Gasteiger partial charge in [0.15, 0.2) is 6.61 Å². The maximum Gasteiger partial charge on any atom is 0.344 e. The van der Waals surface area contributed by atoms with Crippen LogP contribution in [0.25, 0.3) is 0 Å². The zero-order valence-electron chi connectivity index (χ0n) is 20.2. The van der Waals surface area contributed by atoms with Gasteiger partial charge in [0.2, 0.25) is 0 Å². The number of piperidine rings is 1. The van der Waals surface area contributed by atoms with Gasteiger partial charge in [-0.1, -0.05) is 60.2 Å². The highest BCUT2D eigenvalue weighted by atomic mass is 16.6. The number of carbonyl (C=O) groups is 1. The van der Waals surface area contributed by atoms with Crippen LogP contribution in [0.15, 0.2) is 66.9 Å². The maximum atomic E-state index is 12.5. The third-order valence-electron chi connectivity index (χ3n) is 7.19. The molecule has 1 aromatic heterocycles. The molecule has 2 fully saturated rings. The molecule has 2 heterocycles. The highest BCUT2D eigenvalue weighted by Crippen LogP contribution is 2.31. The summed E-state index contributed by atoms with van der Waals surface area (Å²) in [6.45, 7) is 2.85. The molecule has 2 aliphatic rings. The number of benzene rings is 2. The summed E-state index contributed by atoms with van der Waals surface area (Å²) in [5.41, 5.74) is 2.43. The van der Waals surface area contributed by atoms with Crippen LogP contribution in [0.2, 0.25) is 0 Å². The van der Waals surface area contributed by atoms with E-state index in [1.54, 1.807) is 0 Å². The number of nitrogens with zero attached hydrogens (tertiary/aromatic N) is 4. The van der Waals surface area contributed by atoms with Crippen molar-refractivity contribution in [3.63, 3.8) is 0 Å². The Balaban J connectivity index is 1.13. The second kappa shape index (κ2) is 11.5. The first-order valence-electron chi connectivity index (χ1n) is 12.8. The van der Waals surface area contributed by atoms with Crippen LogP contribution < -0.4 is 4.74 Å². The Morgan fingerprint density at radius 3 is 2.40 bits per heavy atom. The minimum atomic E-state index is -0.340. The van der Waals surface area contributed by atoms with E-state index in [0.29, 0.717) is 11.7 Å². The normalized spacial score (nSPS) is 21.5. The first kappa shape index (κ1) is 23.5. The lowest BCUT2D eigenvalue weighted by Crippen LogP contribution is -2.34. The van der Waals surface area contributed by atoms with Crippen molar-refractivity contribution >= 4 is 5.97 Å². The van der Waals surface area contributed by atoms with Gasteiger partial charge in [-0.05, 0) is 68.8 Å². The van der Waals surface area contributed by atoms with Crippen molar-refractivity contribution in [2.75, 3.05) is 19.7 Å².